The Morgan fingerprint density at radius 3 is 2.86 bits per heavy atom. The molecular weight excluding hydrogens is 180 g/mol. The summed E-state index contributed by atoms with van der Waals surface area (Å²) in [6, 6.07) is 0.357. The quantitative estimate of drug-likeness (QED) is 0.754. The predicted molar refractivity (Wildman–Crippen MR) is 55.5 cm³/mol. The first-order valence-corrected chi connectivity index (χ1v) is 4.88. The number of nitrogens with zero attached hydrogens (tertiary/aromatic N) is 3. The van der Waals surface area contributed by atoms with Crippen LogP contribution in [0.15, 0.2) is 4.52 Å². The Bertz CT molecular complexity index is 274. The molecule has 5 nitrogen and oxygen atoms in total. The molecule has 80 valence electrons. The van der Waals surface area contributed by atoms with Gasteiger partial charge < -0.3 is 14.7 Å². The highest BCUT2D eigenvalue weighted by Gasteiger charge is 2.11. The van der Waals surface area contributed by atoms with Crippen LogP contribution in [0, 0.1) is 0 Å². The molecule has 0 radical (unpaired) electrons. The Balaban J connectivity index is 2.59. The Labute approximate surface area is 84.5 Å². The van der Waals surface area contributed by atoms with E-state index < -0.39 is 0 Å². The molecule has 0 aliphatic carbocycles. The monoisotopic (exact) mass is 198 g/mol. The van der Waals surface area contributed by atoms with Gasteiger partial charge in [-0.25, -0.2) is 0 Å². The molecule has 1 aromatic rings. The normalized spacial score (nSPS) is 12.9. The van der Waals surface area contributed by atoms with Crippen LogP contribution in [0.3, 0.4) is 0 Å². The Morgan fingerprint density at radius 2 is 2.29 bits per heavy atom. The highest BCUT2D eigenvalue weighted by atomic mass is 16.5. The molecule has 0 bridgehead atoms. The lowest BCUT2D eigenvalue weighted by atomic mass is 10.2. The largest absolute Gasteiger partial charge is 0.342 e. The van der Waals surface area contributed by atoms with Gasteiger partial charge in [0.25, 0.3) is 5.95 Å². The topological polar surface area (TPSA) is 54.2 Å². The number of likely N-dealkylation sites (N-methyl/N-ethyl adjacent to an activating group) is 1. The zero-order valence-corrected chi connectivity index (χ0v) is 9.24. The van der Waals surface area contributed by atoms with Crippen molar-refractivity contribution in [2.75, 3.05) is 25.5 Å². The highest BCUT2D eigenvalue weighted by molar-refractivity contribution is 5.25. The number of anilines is 1. The molecule has 0 amide bonds. The smallest absolute Gasteiger partial charge is 0.265 e. The van der Waals surface area contributed by atoms with E-state index in [1.165, 1.54) is 0 Å². The van der Waals surface area contributed by atoms with E-state index in [9.17, 15) is 0 Å². The first kappa shape index (κ1) is 11.0. The van der Waals surface area contributed by atoms with E-state index in [0.717, 1.165) is 13.0 Å². The molecule has 5 heteroatoms. The summed E-state index contributed by atoms with van der Waals surface area (Å²) in [6.45, 7) is 5.00. The summed E-state index contributed by atoms with van der Waals surface area (Å²) < 4.78 is 5.12. The average molecular weight is 198 g/mol. The molecule has 1 atom stereocenters. The minimum Gasteiger partial charge on any atom is -0.342 e. The zero-order valence-electron chi connectivity index (χ0n) is 9.24. The van der Waals surface area contributed by atoms with Gasteiger partial charge in [-0.15, -0.1) is 0 Å². The van der Waals surface area contributed by atoms with Gasteiger partial charge in [0.2, 0.25) is 5.89 Å². The number of nitrogens with one attached hydrogen (secondary N) is 1. The number of rotatable bonds is 5. The van der Waals surface area contributed by atoms with Crippen LogP contribution in [0.4, 0.5) is 5.95 Å². The van der Waals surface area contributed by atoms with Crippen molar-refractivity contribution in [3.63, 3.8) is 0 Å². The van der Waals surface area contributed by atoms with E-state index >= 15 is 0 Å². The van der Waals surface area contributed by atoms with Crippen molar-refractivity contribution in [3.05, 3.63) is 5.89 Å². The van der Waals surface area contributed by atoms with Crippen molar-refractivity contribution in [3.8, 4) is 0 Å². The Kier molecular flexibility index (Phi) is 3.88. The van der Waals surface area contributed by atoms with Gasteiger partial charge in [0.15, 0.2) is 0 Å². The maximum Gasteiger partial charge on any atom is 0.265 e. The second-order valence-corrected chi connectivity index (χ2v) is 3.40. The Hall–Kier alpha value is -1.10. The molecular formula is C9H18N4O. The summed E-state index contributed by atoms with van der Waals surface area (Å²) in [4.78, 5) is 6.22. The van der Waals surface area contributed by atoms with Crippen LogP contribution >= 0.6 is 0 Å². The standard InChI is InChI=1S/C9H18N4O/c1-5-13(4)9-11-8(14-12-9)6-7(2)10-3/h7,10H,5-6H2,1-4H3. The van der Waals surface area contributed by atoms with E-state index in [0.29, 0.717) is 17.9 Å². The van der Waals surface area contributed by atoms with Gasteiger partial charge >= 0.3 is 0 Å². The molecule has 0 aromatic carbocycles. The first-order chi connectivity index (χ1) is 6.67. The summed E-state index contributed by atoms with van der Waals surface area (Å²) in [5.41, 5.74) is 0. The van der Waals surface area contributed by atoms with E-state index in [4.69, 9.17) is 4.52 Å². The molecule has 0 aliphatic rings. The predicted octanol–water partition coefficient (Wildman–Crippen LogP) is 0.676. The van der Waals surface area contributed by atoms with Crippen LogP contribution in [-0.4, -0.2) is 36.8 Å². The SMILES string of the molecule is CCN(C)c1noc(CC(C)NC)n1. The molecule has 0 saturated carbocycles. The lowest BCUT2D eigenvalue weighted by molar-refractivity contribution is 0.364. The third kappa shape index (κ3) is 2.70. The zero-order chi connectivity index (χ0) is 10.6. The van der Waals surface area contributed by atoms with Gasteiger partial charge in [0.1, 0.15) is 0 Å². The van der Waals surface area contributed by atoms with Crippen LogP contribution in [0.5, 0.6) is 0 Å². The van der Waals surface area contributed by atoms with E-state index in [2.05, 4.69) is 22.4 Å². The minimum atomic E-state index is 0.357. The van der Waals surface area contributed by atoms with Crippen molar-refractivity contribution in [2.45, 2.75) is 26.3 Å². The number of hydrogen-bond donors (Lipinski definition) is 1. The summed E-state index contributed by atoms with van der Waals surface area (Å²) in [6.07, 6.45) is 0.765. The van der Waals surface area contributed by atoms with Gasteiger partial charge in [-0.3, -0.25) is 0 Å². The van der Waals surface area contributed by atoms with Crippen molar-refractivity contribution in [1.29, 1.82) is 0 Å². The fourth-order valence-electron chi connectivity index (χ4n) is 0.989. The summed E-state index contributed by atoms with van der Waals surface area (Å²) in [7, 11) is 3.86. The lowest BCUT2D eigenvalue weighted by Gasteiger charge is -2.09. The van der Waals surface area contributed by atoms with Gasteiger partial charge in [0.05, 0.1) is 0 Å². The van der Waals surface area contributed by atoms with Crippen LogP contribution in [0.2, 0.25) is 0 Å². The second-order valence-electron chi connectivity index (χ2n) is 3.40. The molecule has 0 saturated heterocycles. The van der Waals surface area contributed by atoms with Crippen molar-refractivity contribution in [1.82, 2.24) is 15.5 Å². The van der Waals surface area contributed by atoms with E-state index in [1.807, 2.05) is 25.9 Å². The van der Waals surface area contributed by atoms with Crippen LogP contribution < -0.4 is 10.2 Å². The molecule has 1 unspecified atom stereocenters. The molecule has 0 spiro atoms. The lowest BCUT2D eigenvalue weighted by Crippen LogP contribution is -2.23. The maximum absolute atomic E-state index is 5.12. The van der Waals surface area contributed by atoms with Gasteiger partial charge in [-0.2, -0.15) is 4.98 Å². The van der Waals surface area contributed by atoms with Crippen molar-refractivity contribution in [2.24, 2.45) is 0 Å². The average Bonchev–Trinajstić information content (AvgIpc) is 2.65. The Morgan fingerprint density at radius 1 is 1.57 bits per heavy atom. The molecule has 1 aromatic heterocycles. The molecule has 14 heavy (non-hydrogen) atoms. The molecule has 0 aliphatic heterocycles. The van der Waals surface area contributed by atoms with E-state index in [-0.39, 0.29) is 0 Å². The number of aromatic nitrogens is 2. The fourth-order valence-corrected chi connectivity index (χ4v) is 0.989. The van der Waals surface area contributed by atoms with Crippen molar-refractivity contribution < 1.29 is 4.52 Å². The molecule has 1 rings (SSSR count). The molecule has 1 heterocycles. The summed E-state index contributed by atoms with van der Waals surface area (Å²) >= 11 is 0. The molecule has 1 N–H and O–H groups in total. The third-order valence-corrected chi connectivity index (χ3v) is 2.25. The summed E-state index contributed by atoms with van der Waals surface area (Å²) in [5.74, 6) is 1.34. The van der Waals surface area contributed by atoms with Crippen molar-refractivity contribution >= 4 is 5.95 Å². The third-order valence-electron chi connectivity index (χ3n) is 2.25. The van der Waals surface area contributed by atoms with Gasteiger partial charge in [0, 0.05) is 26.1 Å². The minimum absolute atomic E-state index is 0.357. The van der Waals surface area contributed by atoms with E-state index in [1.54, 1.807) is 0 Å². The van der Waals surface area contributed by atoms with Gasteiger partial charge in [-0.1, -0.05) is 0 Å². The van der Waals surface area contributed by atoms with Crippen LogP contribution in [0.25, 0.3) is 0 Å². The van der Waals surface area contributed by atoms with Crippen LogP contribution in [-0.2, 0) is 6.42 Å². The summed E-state index contributed by atoms with van der Waals surface area (Å²) in [5, 5.41) is 7.01. The first-order valence-electron chi connectivity index (χ1n) is 4.88. The number of hydrogen-bond acceptors (Lipinski definition) is 5. The second kappa shape index (κ2) is 4.95. The maximum atomic E-state index is 5.12. The fraction of sp³-hybridized carbons (Fsp3) is 0.778. The molecule has 0 fully saturated rings. The highest BCUT2D eigenvalue weighted by Crippen LogP contribution is 2.08. The van der Waals surface area contributed by atoms with Crippen LogP contribution in [0.1, 0.15) is 19.7 Å². The van der Waals surface area contributed by atoms with Gasteiger partial charge in [-0.05, 0) is 26.1 Å².